The molecule has 3 heterocycles. The van der Waals surface area contributed by atoms with Gasteiger partial charge in [0.1, 0.15) is 11.3 Å². The number of hydrogen-bond acceptors (Lipinski definition) is 4. The monoisotopic (exact) mass is 270 g/mol. The molecule has 104 valence electrons. The summed E-state index contributed by atoms with van der Waals surface area (Å²) in [5.41, 5.74) is 2.09. The van der Waals surface area contributed by atoms with Gasteiger partial charge in [-0.2, -0.15) is 5.10 Å². The van der Waals surface area contributed by atoms with Gasteiger partial charge in [0.25, 0.3) is 0 Å². The first-order valence-electron chi connectivity index (χ1n) is 6.80. The summed E-state index contributed by atoms with van der Waals surface area (Å²) < 4.78 is 1.87. The van der Waals surface area contributed by atoms with Crippen molar-refractivity contribution in [2.24, 2.45) is 0 Å². The minimum Gasteiger partial charge on any atom is -0.368 e. The van der Waals surface area contributed by atoms with Crippen LogP contribution >= 0.6 is 0 Å². The zero-order valence-electron chi connectivity index (χ0n) is 11.7. The molecule has 3 aromatic rings. The Morgan fingerprint density at radius 1 is 1.30 bits per heavy atom. The third-order valence-corrected chi connectivity index (χ3v) is 3.21. The molecule has 0 saturated heterocycles. The summed E-state index contributed by atoms with van der Waals surface area (Å²) in [6, 6.07) is 2.09. The van der Waals surface area contributed by atoms with E-state index in [2.05, 4.69) is 45.3 Å². The number of imidazole rings is 1. The number of rotatable bonds is 5. The van der Waals surface area contributed by atoms with Crippen molar-refractivity contribution in [2.75, 3.05) is 11.9 Å². The molecule has 2 N–H and O–H groups in total. The quantitative estimate of drug-likeness (QED) is 0.746. The Morgan fingerprint density at radius 2 is 2.20 bits per heavy atom. The van der Waals surface area contributed by atoms with Gasteiger partial charge in [-0.05, 0) is 12.0 Å². The van der Waals surface area contributed by atoms with Gasteiger partial charge in [-0.15, -0.1) is 0 Å². The van der Waals surface area contributed by atoms with E-state index < -0.39 is 0 Å². The molecule has 0 aliphatic rings. The van der Waals surface area contributed by atoms with E-state index in [1.807, 2.05) is 16.9 Å². The summed E-state index contributed by atoms with van der Waals surface area (Å²) in [6.07, 6.45) is 8.07. The van der Waals surface area contributed by atoms with E-state index in [0.717, 1.165) is 35.8 Å². The molecule has 0 fully saturated rings. The Bertz CT molecular complexity index is 683. The molecule has 3 rings (SSSR count). The van der Waals surface area contributed by atoms with E-state index in [-0.39, 0.29) is 0 Å². The predicted octanol–water partition coefficient (Wildman–Crippen LogP) is 2.23. The summed E-state index contributed by atoms with van der Waals surface area (Å²) in [6.45, 7) is 5.06. The lowest BCUT2D eigenvalue weighted by atomic mass is 10.1. The first kappa shape index (κ1) is 12.7. The SMILES string of the molecule is CC(C)c1cc2c(NCCc3ncc[nH]3)nccn2n1. The van der Waals surface area contributed by atoms with Crippen LogP contribution in [0.2, 0.25) is 0 Å². The molecule has 0 spiro atoms. The molecule has 0 unspecified atom stereocenters. The highest BCUT2D eigenvalue weighted by atomic mass is 15.2. The van der Waals surface area contributed by atoms with E-state index in [4.69, 9.17) is 0 Å². The molecular formula is C14H18N6. The summed E-state index contributed by atoms with van der Waals surface area (Å²) in [4.78, 5) is 11.7. The molecule has 0 aromatic carbocycles. The highest BCUT2D eigenvalue weighted by molar-refractivity contribution is 5.67. The van der Waals surface area contributed by atoms with Crippen molar-refractivity contribution in [1.29, 1.82) is 0 Å². The normalized spacial score (nSPS) is 11.3. The van der Waals surface area contributed by atoms with Gasteiger partial charge in [0.05, 0.1) is 5.69 Å². The molecule has 0 bridgehead atoms. The van der Waals surface area contributed by atoms with Gasteiger partial charge in [-0.1, -0.05) is 13.8 Å². The molecule has 0 aliphatic heterocycles. The van der Waals surface area contributed by atoms with Crippen LogP contribution in [0.1, 0.15) is 31.3 Å². The largest absolute Gasteiger partial charge is 0.368 e. The molecule has 0 atom stereocenters. The van der Waals surface area contributed by atoms with Gasteiger partial charge in [-0.3, -0.25) is 0 Å². The van der Waals surface area contributed by atoms with E-state index in [9.17, 15) is 0 Å². The van der Waals surface area contributed by atoms with Gasteiger partial charge in [0, 0.05) is 37.8 Å². The van der Waals surface area contributed by atoms with Crippen molar-refractivity contribution in [1.82, 2.24) is 24.6 Å². The number of nitrogens with one attached hydrogen (secondary N) is 2. The summed E-state index contributed by atoms with van der Waals surface area (Å²) in [7, 11) is 0. The van der Waals surface area contributed by atoms with Gasteiger partial charge in [-0.25, -0.2) is 14.5 Å². The van der Waals surface area contributed by atoms with Gasteiger partial charge < -0.3 is 10.3 Å². The highest BCUT2D eigenvalue weighted by Crippen LogP contribution is 2.19. The van der Waals surface area contributed by atoms with Crippen LogP contribution in [0.25, 0.3) is 5.52 Å². The average molecular weight is 270 g/mol. The number of aromatic amines is 1. The van der Waals surface area contributed by atoms with Crippen LogP contribution in [-0.4, -0.2) is 31.1 Å². The fourth-order valence-electron chi connectivity index (χ4n) is 2.09. The zero-order chi connectivity index (χ0) is 13.9. The Kier molecular flexibility index (Phi) is 3.37. The number of fused-ring (bicyclic) bond motifs is 1. The fourth-order valence-corrected chi connectivity index (χ4v) is 2.09. The smallest absolute Gasteiger partial charge is 0.152 e. The van der Waals surface area contributed by atoms with Crippen molar-refractivity contribution >= 4 is 11.3 Å². The Hall–Kier alpha value is -2.37. The number of nitrogens with zero attached hydrogens (tertiary/aromatic N) is 4. The molecule has 6 nitrogen and oxygen atoms in total. The predicted molar refractivity (Wildman–Crippen MR) is 77.9 cm³/mol. The first-order chi connectivity index (χ1) is 9.74. The van der Waals surface area contributed by atoms with Gasteiger partial charge in [0.2, 0.25) is 0 Å². The molecule has 0 aliphatic carbocycles. The second kappa shape index (κ2) is 5.32. The van der Waals surface area contributed by atoms with E-state index in [1.165, 1.54) is 0 Å². The Morgan fingerprint density at radius 3 is 2.95 bits per heavy atom. The first-order valence-corrected chi connectivity index (χ1v) is 6.80. The van der Waals surface area contributed by atoms with Crippen LogP contribution < -0.4 is 5.32 Å². The average Bonchev–Trinajstić information content (AvgIpc) is 3.07. The fraction of sp³-hybridized carbons (Fsp3) is 0.357. The number of hydrogen-bond donors (Lipinski definition) is 2. The second-order valence-electron chi connectivity index (χ2n) is 5.04. The van der Waals surface area contributed by atoms with Crippen LogP contribution in [-0.2, 0) is 6.42 Å². The third kappa shape index (κ3) is 2.49. The topological polar surface area (TPSA) is 70.9 Å². The van der Waals surface area contributed by atoms with Crippen LogP contribution in [0.4, 0.5) is 5.82 Å². The third-order valence-electron chi connectivity index (χ3n) is 3.21. The van der Waals surface area contributed by atoms with Crippen LogP contribution in [0.15, 0.2) is 30.9 Å². The molecule has 20 heavy (non-hydrogen) atoms. The lowest BCUT2D eigenvalue weighted by Gasteiger charge is -2.05. The maximum absolute atomic E-state index is 4.55. The number of aromatic nitrogens is 5. The van der Waals surface area contributed by atoms with E-state index in [1.54, 1.807) is 12.4 Å². The Labute approximate surface area is 117 Å². The highest BCUT2D eigenvalue weighted by Gasteiger charge is 2.09. The van der Waals surface area contributed by atoms with Crippen molar-refractivity contribution in [3.63, 3.8) is 0 Å². The summed E-state index contributed by atoms with van der Waals surface area (Å²) in [5, 5.41) is 7.90. The van der Waals surface area contributed by atoms with E-state index >= 15 is 0 Å². The van der Waals surface area contributed by atoms with Crippen molar-refractivity contribution in [3.8, 4) is 0 Å². The molecule has 3 aromatic heterocycles. The maximum atomic E-state index is 4.55. The minimum atomic E-state index is 0.408. The molecule has 0 saturated carbocycles. The molecule has 0 radical (unpaired) electrons. The Balaban J connectivity index is 1.77. The number of anilines is 1. The molecular weight excluding hydrogens is 252 g/mol. The van der Waals surface area contributed by atoms with Crippen molar-refractivity contribution < 1.29 is 0 Å². The second-order valence-corrected chi connectivity index (χ2v) is 5.04. The maximum Gasteiger partial charge on any atom is 0.152 e. The van der Waals surface area contributed by atoms with Crippen LogP contribution in [0, 0.1) is 0 Å². The lowest BCUT2D eigenvalue weighted by Crippen LogP contribution is -2.08. The van der Waals surface area contributed by atoms with Crippen molar-refractivity contribution in [3.05, 3.63) is 42.4 Å². The van der Waals surface area contributed by atoms with Crippen molar-refractivity contribution in [2.45, 2.75) is 26.2 Å². The molecule has 0 amide bonds. The van der Waals surface area contributed by atoms with Gasteiger partial charge in [0.15, 0.2) is 5.82 Å². The van der Waals surface area contributed by atoms with Crippen LogP contribution in [0.3, 0.4) is 0 Å². The standard InChI is InChI=1S/C14H18N6/c1-10(2)11-9-12-14(18-7-8-20(12)19-11)17-4-3-13-15-5-6-16-13/h5-10H,3-4H2,1-2H3,(H,15,16)(H,17,18). The number of H-pyrrole nitrogens is 1. The van der Waals surface area contributed by atoms with E-state index in [0.29, 0.717) is 5.92 Å². The lowest BCUT2D eigenvalue weighted by molar-refractivity contribution is 0.786. The van der Waals surface area contributed by atoms with Gasteiger partial charge >= 0.3 is 0 Å². The van der Waals surface area contributed by atoms with Crippen LogP contribution in [0.5, 0.6) is 0 Å². The molecule has 6 heteroatoms. The zero-order valence-corrected chi connectivity index (χ0v) is 11.7. The summed E-state index contributed by atoms with van der Waals surface area (Å²) >= 11 is 0. The summed E-state index contributed by atoms with van der Waals surface area (Å²) in [5.74, 6) is 2.24. The minimum absolute atomic E-state index is 0.408.